The smallest absolute Gasteiger partial charge is 0.327 e. The molecular weight excluding hydrogens is 282 g/mol. The Morgan fingerprint density at radius 2 is 1.73 bits per heavy atom. The maximum Gasteiger partial charge on any atom is 0.327 e. The van der Waals surface area contributed by atoms with E-state index < -0.39 is 5.69 Å². The van der Waals surface area contributed by atoms with Gasteiger partial charge in [-0.1, -0.05) is 13.0 Å². The van der Waals surface area contributed by atoms with Crippen LogP contribution < -0.4 is 16.1 Å². The molecule has 0 atom stereocenters. The molecular formula is C16H21N3O3. The second-order valence-electron chi connectivity index (χ2n) is 5.28. The van der Waals surface area contributed by atoms with Crippen LogP contribution in [0.5, 0.6) is 0 Å². The summed E-state index contributed by atoms with van der Waals surface area (Å²) in [4.78, 5) is 30.5. The highest BCUT2D eigenvalue weighted by Crippen LogP contribution is 2.26. The Kier molecular flexibility index (Phi) is 4.82. The number of rotatable bonds is 5. The van der Waals surface area contributed by atoms with Crippen LogP contribution in [0.25, 0.3) is 0 Å². The quantitative estimate of drug-likeness (QED) is 0.828. The second-order valence-corrected chi connectivity index (χ2v) is 5.28. The molecule has 2 aromatic rings. The van der Waals surface area contributed by atoms with Gasteiger partial charge in [0.1, 0.15) is 12.5 Å². The van der Waals surface area contributed by atoms with Gasteiger partial charge in [-0.05, 0) is 43.5 Å². The fourth-order valence-electron chi connectivity index (χ4n) is 2.56. The normalized spacial score (nSPS) is 10.7. The van der Waals surface area contributed by atoms with Crippen molar-refractivity contribution in [3.05, 3.63) is 55.7 Å². The molecule has 118 valence electrons. The molecule has 0 aliphatic carbocycles. The summed E-state index contributed by atoms with van der Waals surface area (Å²) >= 11 is 0. The van der Waals surface area contributed by atoms with Crippen LogP contribution in [0, 0.1) is 13.8 Å². The lowest BCUT2D eigenvalue weighted by Gasteiger charge is -2.25. The van der Waals surface area contributed by atoms with E-state index in [0.717, 1.165) is 16.8 Å². The van der Waals surface area contributed by atoms with Crippen molar-refractivity contribution in [2.75, 3.05) is 18.7 Å². The fraction of sp³-hybridized carbons (Fsp3) is 0.375. The van der Waals surface area contributed by atoms with Crippen molar-refractivity contribution in [2.24, 2.45) is 0 Å². The molecule has 2 N–H and O–H groups in total. The number of methoxy groups -OCH3 is 1. The number of aromatic amines is 2. The lowest BCUT2D eigenvalue weighted by atomic mass is 10.1. The van der Waals surface area contributed by atoms with Crippen LogP contribution in [0.3, 0.4) is 0 Å². The molecule has 22 heavy (non-hydrogen) atoms. The van der Waals surface area contributed by atoms with Crippen LogP contribution >= 0.6 is 0 Å². The summed E-state index contributed by atoms with van der Waals surface area (Å²) in [5.41, 5.74) is 2.70. The van der Waals surface area contributed by atoms with Gasteiger partial charge >= 0.3 is 5.69 Å². The Labute approximate surface area is 128 Å². The highest BCUT2D eigenvalue weighted by molar-refractivity contribution is 5.63. The van der Waals surface area contributed by atoms with Gasteiger partial charge < -0.3 is 9.64 Å². The Balaban J connectivity index is 2.67. The minimum atomic E-state index is -0.525. The highest BCUT2D eigenvalue weighted by Gasteiger charge is 2.17. The third-order valence-electron chi connectivity index (χ3n) is 3.42. The molecule has 0 spiro atoms. The van der Waals surface area contributed by atoms with Crippen molar-refractivity contribution in [3.8, 4) is 0 Å². The Morgan fingerprint density at radius 1 is 1.09 bits per heavy atom. The second kappa shape index (κ2) is 6.62. The summed E-state index contributed by atoms with van der Waals surface area (Å²) in [5.74, 6) is 0.475. The van der Waals surface area contributed by atoms with Gasteiger partial charge in [-0.3, -0.25) is 14.8 Å². The molecule has 0 bridgehead atoms. The van der Waals surface area contributed by atoms with E-state index in [1.165, 1.54) is 0 Å². The van der Waals surface area contributed by atoms with E-state index in [1.54, 1.807) is 12.0 Å². The van der Waals surface area contributed by atoms with Crippen molar-refractivity contribution < 1.29 is 4.74 Å². The van der Waals surface area contributed by atoms with E-state index in [0.29, 0.717) is 17.8 Å². The van der Waals surface area contributed by atoms with Gasteiger partial charge in [0.2, 0.25) is 0 Å². The van der Waals surface area contributed by atoms with E-state index in [9.17, 15) is 9.59 Å². The number of ether oxygens (including phenoxy) is 1. The summed E-state index contributed by atoms with van der Waals surface area (Å²) in [6, 6.07) is 6.05. The molecule has 0 aliphatic rings. The Hall–Kier alpha value is -2.34. The zero-order valence-electron chi connectivity index (χ0n) is 13.3. The number of aryl methyl sites for hydroxylation is 2. The number of anilines is 2. The third kappa shape index (κ3) is 3.28. The summed E-state index contributed by atoms with van der Waals surface area (Å²) in [7, 11) is 1.58. The predicted molar refractivity (Wildman–Crippen MR) is 87.0 cm³/mol. The lowest BCUT2D eigenvalue weighted by molar-refractivity contribution is 0.205. The molecule has 0 unspecified atom stereocenters. The third-order valence-corrected chi connectivity index (χ3v) is 3.42. The molecule has 1 heterocycles. The van der Waals surface area contributed by atoms with Crippen LogP contribution in [0.4, 0.5) is 11.5 Å². The molecule has 0 amide bonds. The maximum absolute atomic E-state index is 12.0. The Bertz CT molecular complexity index is 757. The van der Waals surface area contributed by atoms with Crippen molar-refractivity contribution in [2.45, 2.75) is 27.2 Å². The SMILES string of the molecule is CCc1c(N(COC)c2cc(C)cc(C)c2)[nH]c(=O)[nH]c1=O. The minimum Gasteiger partial charge on any atom is -0.364 e. The van der Waals surface area contributed by atoms with Crippen molar-refractivity contribution >= 4 is 11.5 Å². The topological polar surface area (TPSA) is 78.2 Å². The fourth-order valence-corrected chi connectivity index (χ4v) is 2.56. The number of benzene rings is 1. The summed E-state index contributed by atoms with van der Waals surface area (Å²) in [6.45, 7) is 6.11. The Morgan fingerprint density at radius 3 is 2.27 bits per heavy atom. The van der Waals surface area contributed by atoms with Crippen LogP contribution in [-0.4, -0.2) is 23.8 Å². The first-order valence-electron chi connectivity index (χ1n) is 7.16. The average molecular weight is 303 g/mol. The van der Waals surface area contributed by atoms with Crippen molar-refractivity contribution in [1.29, 1.82) is 0 Å². The number of hydrogen-bond acceptors (Lipinski definition) is 4. The predicted octanol–water partition coefficient (Wildman–Crippen LogP) is 1.98. The first-order valence-corrected chi connectivity index (χ1v) is 7.16. The average Bonchev–Trinajstić information content (AvgIpc) is 2.43. The summed E-state index contributed by atoms with van der Waals surface area (Å²) in [6.07, 6.45) is 0.506. The molecule has 0 saturated heterocycles. The van der Waals surface area contributed by atoms with E-state index in [2.05, 4.69) is 16.0 Å². The number of nitrogens with zero attached hydrogens (tertiary/aromatic N) is 1. The van der Waals surface area contributed by atoms with E-state index in [-0.39, 0.29) is 12.3 Å². The van der Waals surface area contributed by atoms with Gasteiger partial charge in [0.05, 0.1) is 5.56 Å². The minimum absolute atomic E-state index is 0.231. The lowest BCUT2D eigenvalue weighted by Crippen LogP contribution is -2.32. The number of aromatic nitrogens is 2. The monoisotopic (exact) mass is 303 g/mol. The van der Waals surface area contributed by atoms with Crippen LogP contribution in [0.2, 0.25) is 0 Å². The van der Waals surface area contributed by atoms with Crippen molar-refractivity contribution in [3.63, 3.8) is 0 Å². The molecule has 0 saturated carbocycles. The molecule has 6 heteroatoms. The van der Waals surface area contributed by atoms with Crippen LogP contribution in [-0.2, 0) is 11.2 Å². The zero-order chi connectivity index (χ0) is 16.3. The van der Waals surface area contributed by atoms with Crippen LogP contribution in [0.15, 0.2) is 27.8 Å². The standard InChI is InChI=1S/C16H21N3O3/c1-5-13-14(17-16(21)18-15(13)20)19(9-22-4)12-7-10(2)6-11(3)8-12/h6-8H,5,9H2,1-4H3,(H2,17,18,20,21). The first kappa shape index (κ1) is 16.0. The number of H-pyrrole nitrogens is 2. The molecule has 0 fully saturated rings. The number of hydrogen-bond donors (Lipinski definition) is 2. The van der Waals surface area contributed by atoms with Gasteiger partial charge in [-0.25, -0.2) is 4.79 Å². The molecule has 2 rings (SSSR count). The van der Waals surface area contributed by atoms with E-state index in [1.807, 2.05) is 32.9 Å². The molecule has 1 aromatic heterocycles. The van der Waals surface area contributed by atoms with Gasteiger partial charge in [0.15, 0.2) is 0 Å². The van der Waals surface area contributed by atoms with E-state index in [4.69, 9.17) is 4.74 Å². The summed E-state index contributed by atoms with van der Waals surface area (Å²) in [5, 5.41) is 0. The highest BCUT2D eigenvalue weighted by atomic mass is 16.5. The maximum atomic E-state index is 12.0. The molecule has 0 radical (unpaired) electrons. The van der Waals surface area contributed by atoms with Gasteiger partial charge in [0.25, 0.3) is 5.56 Å². The number of nitrogens with one attached hydrogen (secondary N) is 2. The first-order chi connectivity index (χ1) is 10.5. The van der Waals surface area contributed by atoms with Gasteiger partial charge in [-0.15, -0.1) is 0 Å². The van der Waals surface area contributed by atoms with Gasteiger partial charge in [0, 0.05) is 12.8 Å². The van der Waals surface area contributed by atoms with E-state index >= 15 is 0 Å². The molecule has 0 aliphatic heterocycles. The van der Waals surface area contributed by atoms with Crippen LogP contribution in [0.1, 0.15) is 23.6 Å². The summed E-state index contributed by atoms with van der Waals surface area (Å²) < 4.78 is 5.26. The van der Waals surface area contributed by atoms with Crippen molar-refractivity contribution in [1.82, 2.24) is 9.97 Å². The molecule has 6 nitrogen and oxygen atoms in total. The van der Waals surface area contributed by atoms with Gasteiger partial charge in [-0.2, -0.15) is 0 Å². The zero-order valence-corrected chi connectivity index (χ0v) is 13.3. The molecule has 1 aromatic carbocycles. The largest absolute Gasteiger partial charge is 0.364 e.